The lowest BCUT2D eigenvalue weighted by Gasteiger charge is -2.20. The molecule has 1 aliphatic rings. The first-order valence-electron chi connectivity index (χ1n) is 6.44. The molecule has 1 unspecified atom stereocenters. The first-order chi connectivity index (χ1) is 7.44. The van der Waals surface area contributed by atoms with Gasteiger partial charge in [-0.3, -0.25) is 4.79 Å². The Bertz CT molecular complexity index is 234. The number of carbonyl (C=O) groups excluding carboxylic acids is 1. The van der Waals surface area contributed by atoms with Crippen LogP contribution in [-0.4, -0.2) is 25.0 Å². The molecule has 16 heavy (non-hydrogen) atoms. The van der Waals surface area contributed by atoms with E-state index in [4.69, 9.17) is 0 Å². The van der Waals surface area contributed by atoms with Crippen LogP contribution in [0.15, 0.2) is 0 Å². The van der Waals surface area contributed by atoms with E-state index in [0.29, 0.717) is 23.8 Å². The topological polar surface area (TPSA) is 41.1 Å². The molecule has 0 heterocycles. The van der Waals surface area contributed by atoms with E-state index in [0.717, 1.165) is 13.1 Å². The van der Waals surface area contributed by atoms with Gasteiger partial charge in [-0.25, -0.2) is 0 Å². The Balaban J connectivity index is 2.04. The van der Waals surface area contributed by atoms with Crippen molar-refractivity contribution in [2.45, 2.75) is 53.0 Å². The van der Waals surface area contributed by atoms with Crippen LogP contribution in [0.25, 0.3) is 0 Å². The first-order valence-corrected chi connectivity index (χ1v) is 6.44. The summed E-state index contributed by atoms with van der Waals surface area (Å²) in [4.78, 5) is 11.4. The molecule has 1 amide bonds. The normalized spacial score (nSPS) is 19.6. The van der Waals surface area contributed by atoms with Crippen LogP contribution in [0.5, 0.6) is 0 Å². The summed E-state index contributed by atoms with van der Waals surface area (Å²) in [5, 5.41) is 6.37. The van der Waals surface area contributed by atoms with Crippen LogP contribution in [0.1, 0.15) is 47.0 Å². The third-order valence-corrected chi connectivity index (χ3v) is 3.59. The number of hydrogen-bond acceptors (Lipinski definition) is 2. The average molecular weight is 226 g/mol. The highest BCUT2D eigenvalue weighted by Gasteiger charge is 2.41. The molecule has 0 bridgehead atoms. The number of rotatable bonds is 7. The lowest BCUT2D eigenvalue weighted by atomic mass is 10.0. The third-order valence-electron chi connectivity index (χ3n) is 3.59. The second-order valence-electron chi connectivity index (χ2n) is 5.78. The molecule has 0 aromatic rings. The molecule has 1 aliphatic carbocycles. The fraction of sp³-hybridized carbons (Fsp3) is 0.923. The van der Waals surface area contributed by atoms with Crippen LogP contribution in [0.2, 0.25) is 0 Å². The molecule has 1 saturated carbocycles. The lowest BCUT2D eigenvalue weighted by molar-refractivity contribution is -0.121. The molecule has 2 N–H and O–H groups in total. The Kier molecular flexibility index (Phi) is 4.78. The Hall–Kier alpha value is -0.570. The van der Waals surface area contributed by atoms with Gasteiger partial charge in [-0.15, -0.1) is 0 Å². The summed E-state index contributed by atoms with van der Waals surface area (Å²) in [5.41, 5.74) is 0.494. The molecule has 0 aliphatic heterocycles. The van der Waals surface area contributed by atoms with Gasteiger partial charge in [-0.2, -0.15) is 0 Å². The molecule has 94 valence electrons. The molecular weight excluding hydrogens is 200 g/mol. The van der Waals surface area contributed by atoms with E-state index in [2.05, 4.69) is 38.3 Å². The van der Waals surface area contributed by atoms with Gasteiger partial charge in [0, 0.05) is 25.6 Å². The number of hydrogen-bond donors (Lipinski definition) is 2. The van der Waals surface area contributed by atoms with Crippen LogP contribution >= 0.6 is 0 Å². The van der Waals surface area contributed by atoms with Crippen LogP contribution in [-0.2, 0) is 4.79 Å². The summed E-state index contributed by atoms with van der Waals surface area (Å²) in [6.07, 6.45) is 3.23. The van der Waals surface area contributed by atoms with Gasteiger partial charge in [0.25, 0.3) is 0 Å². The van der Waals surface area contributed by atoms with Gasteiger partial charge in [0.2, 0.25) is 5.91 Å². The van der Waals surface area contributed by atoms with E-state index < -0.39 is 0 Å². The van der Waals surface area contributed by atoms with Crippen LogP contribution in [0.3, 0.4) is 0 Å². The van der Waals surface area contributed by atoms with E-state index in [1.165, 1.54) is 12.8 Å². The minimum Gasteiger partial charge on any atom is -0.356 e. The third kappa shape index (κ3) is 4.52. The van der Waals surface area contributed by atoms with Crippen molar-refractivity contribution in [1.29, 1.82) is 0 Å². The van der Waals surface area contributed by atoms with E-state index in [1.54, 1.807) is 0 Å². The maximum atomic E-state index is 11.4. The standard InChI is InChI=1S/C13H26N2O/c1-10(2)9-15-12(16)5-8-14-11(3)13(4)6-7-13/h10-11,14H,5-9H2,1-4H3,(H,15,16). The highest BCUT2D eigenvalue weighted by Crippen LogP contribution is 2.47. The largest absolute Gasteiger partial charge is 0.356 e. The molecule has 0 aromatic heterocycles. The lowest BCUT2D eigenvalue weighted by Crippen LogP contribution is -2.37. The SMILES string of the molecule is CC(C)CNC(=O)CCNC(C)C1(C)CC1. The van der Waals surface area contributed by atoms with Gasteiger partial charge in [-0.1, -0.05) is 20.8 Å². The van der Waals surface area contributed by atoms with E-state index in [9.17, 15) is 4.79 Å². The zero-order valence-corrected chi connectivity index (χ0v) is 11.1. The Morgan fingerprint density at radius 1 is 1.31 bits per heavy atom. The van der Waals surface area contributed by atoms with Crippen LogP contribution < -0.4 is 10.6 Å². The zero-order chi connectivity index (χ0) is 12.2. The summed E-state index contributed by atoms with van der Waals surface area (Å²) in [6, 6.07) is 0.533. The first kappa shape index (κ1) is 13.5. The van der Waals surface area contributed by atoms with Crippen molar-refractivity contribution in [3.8, 4) is 0 Å². The quantitative estimate of drug-likeness (QED) is 0.696. The Morgan fingerprint density at radius 3 is 2.44 bits per heavy atom. The van der Waals surface area contributed by atoms with E-state index in [1.807, 2.05) is 0 Å². The van der Waals surface area contributed by atoms with Crippen LogP contribution in [0.4, 0.5) is 0 Å². The van der Waals surface area contributed by atoms with Crippen LogP contribution in [0, 0.1) is 11.3 Å². The molecule has 3 heteroatoms. The molecule has 0 saturated heterocycles. The van der Waals surface area contributed by atoms with Crippen molar-refractivity contribution in [2.75, 3.05) is 13.1 Å². The maximum Gasteiger partial charge on any atom is 0.221 e. The molecule has 0 spiro atoms. The van der Waals surface area contributed by atoms with E-state index >= 15 is 0 Å². The summed E-state index contributed by atoms with van der Waals surface area (Å²) in [6.45, 7) is 10.3. The highest BCUT2D eigenvalue weighted by atomic mass is 16.1. The summed E-state index contributed by atoms with van der Waals surface area (Å²) < 4.78 is 0. The molecule has 1 fully saturated rings. The van der Waals surface area contributed by atoms with Gasteiger partial charge in [0.15, 0.2) is 0 Å². The molecule has 0 radical (unpaired) electrons. The molecule has 3 nitrogen and oxygen atoms in total. The second kappa shape index (κ2) is 5.67. The van der Waals surface area contributed by atoms with E-state index in [-0.39, 0.29) is 5.91 Å². The Labute approximate surface area is 99.4 Å². The second-order valence-corrected chi connectivity index (χ2v) is 5.78. The average Bonchev–Trinajstić information content (AvgIpc) is 2.94. The van der Waals surface area contributed by atoms with Gasteiger partial charge in [0.05, 0.1) is 0 Å². The predicted octanol–water partition coefficient (Wildman–Crippen LogP) is 1.93. The predicted molar refractivity (Wildman–Crippen MR) is 67.3 cm³/mol. The molecular formula is C13H26N2O. The zero-order valence-electron chi connectivity index (χ0n) is 11.1. The Morgan fingerprint density at radius 2 is 1.94 bits per heavy atom. The van der Waals surface area contributed by atoms with Gasteiger partial charge >= 0.3 is 0 Å². The summed E-state index contributed by atoms with van der Waals surface area (Å²) in [5.74, 6) is 0.690. The minimum atomic E-state index is 0.161. The van der Waals surface area contributed by atoms with Gasteiger partial charge in [-0.05, 0) is 31.1 Å². The minimum absolute atomic E-state index is 0.161. The van der Waals surface area contributed by atoms with Gasteiger partial charge < -0.3 is 10.6 Å². The highest BCUT2D eigenvalue weighted by molar-refractivity contribution is 5.76. The van der Waals surface area contributed by atoms with Crippen molar-refractivity contribution in [3.63, 3.8) is 0 Å². The molecule has 1 atom stereocenters. The number of nitrogens with one attached hydrogen (secondary N) is 2. The molecule has 0 aromatic carbocycles. The van der Waals surface area contributed by atoms with Crippen molar-refractivity contribution < 1.29 is 4.79 Å². The molecule has 1 rings (SSSR count). The maximum absolute atomic E-state index is 11.4. The fourth-order valence-corrected chi connectivity index (χ4v) is 1.69. The van der Waals surface area contributed by atoms with Crippen molar-refractivity contribution >= 4 is 5.91 Å². The summed E-state index contributed by atoms with van der Waals surface area (Å²) >= 11 is 0. The van der Waals surface area contributed by atoms with Crippen molar-refractivity contribution in [2.24, 2.45) is 11.3 Å². The fourth-order valence-electron chi connectivity index (χ4n) is 1.69. The van der Waals surface area contributed by atoms with Crippen molar-refractivity contribution in [1.82, 2.24) is 10.6 Å². The van der Waals surface area contributed by atoms with Crippen molar-refractivity contribution in [3.05, 3.63) is 0 Å². The monoisotopic (exact) mass is 226 g/mol. The number of carbonyl (C=O) groups is 1. The smallest absolute Gasteiger partial charge is 0.221 e. The number of amides is 1. The summed E-state index contributed by atoms with van der Waals surface area (Å²) in [7, 11) is 0. The van der Waals surface area contributed by atoms with Gasteiger partial charge in [0.1, 0.15) is 0 Å².